The van der Waals surface area contributed by atoms with E-state index in [1.54, 1.807) is 0 Å². The Balaban J connectivity index is 2.11. The summed E-state index contributed by atoms with van der Waals surface area (Å²) >= 11 is 1.82. The molecule has 84 valence electrons. The van der Waals surface area contributed by atoms with Gasteiger partial charge in [-0.3, -0.25) is 0 Å². The largest absolute Gasteiger partial charge is 0.396 e. The van der Waals surface area contributed by atoms with Crippen LogP contribution in [-0.4, -0.2) is 16.7 Å². The minimum atomic E-state index is 0.219. The molecule has 1 aromatic heterocycles. The van der Waals surface area contributed by atoms with Gasteiger partial charge in [0, 0.05) is 17.9 Å². The molecule has 0 aromatic carbocycles. The quantitative estimate of drug-likeness (QED) is 0.857. The maximum Gasteiger partial charge on any atom is 0.0953 e. The molecule has 1 heterocycles. The Hall–Kier alpha value is -0.410. The molecule has 1 fully saturated rings. The number of aliphatic hydroxyl groups excluding tert-OH is 1. The summed E-state index contributed by atoms with van der Waals surface area (Å²) in [7, 11) is 0. The Morgan fingerprint density at radius 1 is 1.33 bits per heavy atom. The first kappa shape index (κ1) is 11.1. The Morgan fingerprint density at radius 2 is 2.07 bits per heavy atom. The first-order chi connectivity index (χ1) is 7.31. The van der Waals surface area contributed by atoms with Gasteiger partial charge in [-0.15, -0.1) is 11.3 Å². The van der Waals surface area contributed by atoms with Crippen LogP contribution in [0.15, 0.2) is 0 Å². The molecular weight excluding hydrogens is 206 g/mol. The molecule has 1 aliphatic carbocycles. The van der Waals surface area contributed by atoms with E-state index in [0.717, 1.165) is 17.3 Å². The first-order valence-electron chi connectivity index (χ1n) is 5.88. The fourth-order valence-corrected chi connectivity index (χ4v) is 3.64. The van der Waals surface area contributed by atoms with Crippen LogP contribution in [0.4, 0.5) is 0 Å². The number of nitrogens with zero attached hydrogens (tertiary/aromatic N) is 1. The molecule has 2 nitrogen and oxygen atoms in total. The predicted molar refractivity (Wildman–Crippen MR) is 63.5 cm³/mol. The van der Waals surface area contributed by atoms with E-state index in [2.05, 4.69) is 11.9 Å². The summed E-state index contributed by atoms with van der Waals surface area (Å²) in [5.74, 6) is 0.753. The molecule has 0 radical (unpaired) electrons. The number of thiazole rings is 1. The van der Waals surface area contributed by atoms with Gasteiger partial charge in [-0.1, -0.05) is 19.3 Å². The second-order valence-electron chi connectivity index (χ2n) is 4.37. The molecule has 0 amide bonds. The van der Waals surface area contributed by atoms with Crippen LogP contribution in [0.3, 0.4) is 0 Å². The van der Waals surface area contributed by atoms with E-state index < -0.39 is 0 Å². The van der Waals surface area contributed by atoms with Crippen molar-refractivity contribution in [3.8, 4) is 0 Å². The number of aryl methyl sites for hydroxylation is 1. The minimum Gasteiger partial charge on any atom is -0.396 e. The molecular formula is C12H19NOS. The van der Waals surface area contributed by atoms with Crippen LogP contribution in [0.25, 0.3) is 0 Å². The van der Waals surface area contributed by atoms with E-state index in [0.29, 0.717) is 0 Å². The van der Waals surface area contributed by atoms with Crippen LogP contribution in [0.2, 0.25) is 0 Å². The maximum atomic E-state index is 8.90. The number of hydrogen-bond donors (Lipinski definition) is 1. The number of rotatable bonds is 3. The zero-order valence-corrected chi connectivity index (χ0v) is 10.1. The summed E-state index contributed by atoms with van der Waals surface area (Å²) in [4.78, 5) is 6.02. The van der Waals surface area contributed by atoms with Gasteiger partial charge in [0.05, 0.1) is 10.7 Å². The van der Waals surface area contributed by atoms with Crippen molar-refractivity contribution in [2.75, 3.05) is 6.61 Å². The van der Waals surface area contributed by atoms with E-state index in [1.165, 1.54) is 42.7 Å². The van der Waals surface area contributed by atoms with Gasteiger partial charge < -0.3 is 5.11 Å². The number of hydrogen-bond acceptors (Lipinski definition) is 3. The van der Waals surface area contributed by atoms with Gasteiger partial charge in [0.1, 0.15) is 0 Å². The van der Waals surface area contributed by atoms with Gasteiger partial charge in [0.15, 0.2) is 0 Å². The topological polar surface area (TPSA) is 33.1 Å². The molecule has 0 bridgehead atoms. The lowest BCUT2D eigenvalue weighted by Crippen LogP contribution is -2.03. The molecule has 0 unspecified atom stereocenters. The number of aliphatic hydroxyl groups is 1. The van der Waals surface area contributed by atoms with Crippen molar-refractivity contribution in [3.05, 3.63) is 15.6 Å². The fourth-order valence-electron chi connectivity index (χ4n) is 2.41. The van der Waals surface area contributed by atoms with Gasteiger partial charge in [-0.2, -0.15) is 0 Å². The Kier molecular flexibility index (Phi) is 3.76. The highest BCUT2D eigenvalue weighted by molar-refractivity contribution is 7.11. The molecule has 0 aliphatic heterocycles. The highest BCUT2D eigenvalue weighted by Crippen LogP contribution is 2.37. The monoisotopic (exact) mass is 225 g/mol. The summed E-state index contributed by atoms with van der Waals surface area (Å²) in [6.45, 7) is 2.33. The fraction of sp³-hybridized carbons (Fsp3) is 0.750. The zero-order valence-electron chi connectivity index (χ0n) is 9.33. The van der Waals surface area contributed by atoms with Crippen molar-refractivity contribution in [1.29, 1.82) is 0 Å². The third-order valence-corrected chi connectivity index (χ3v) is 4.56. The van der Waals surface area contributed by atoms with Gasteiger partial charge in [0.2, 0.25) is 0 Å². The molecule has 1 aromatic rings. The van der Waals surface area contributed by atoms with Gasteiger partial charge in [-0.05, 0) is 25.7 Å². The predicted octanol–water partition coefficient (Wildman–Crippen LogP) is 3.03. The van der Waals surface area contributed by atoms with E-state index in [-0.39, 0.29) is 6.61 Å². The molecule has 15 heavy (non-hydrogen) atoms. The zero-order chi connectivity index (χ0) is 10.7. The van der Waals surface area contributed by atoms with Crippen LogP contribution >= 0.6 is 11.3 Å². The van der Waals surface area contributed by atoms with Crippen LogP contribution in [0.1, 0.15) is 53.6 Å². The summed E-state index contributed by atoms with van der Waals surface area (Å²) < 4.78 is 0. The van der Waals surface area contributed by atoms with Crippen molar-refractivity contribution in [2.24, 2.45) is 0 Å². The maximum absolute atomic E-state index is 8.90. The third kappa shape index (κ3) is 2.58. The summed E-state index contributed by atoms with van der Waals surface area (Å²) in [6, 6.07) is 0. The SMILES string of the molecule is Cc1nc(CCO)sc1C1CCCCC1. The smallest absolute Gasteiger partial charge is 0.0953 e. The molecule has 2 rings (SSSR count). The van der Waals surface area contributed by atoms with E-state index >= 15 is 0 Å². The third-order valence-electron chi connectivity index (χ3n) is 3.18. The molecule has 0 saturated heterocycles. The van der Waals surface area contributed by atoms with Crippen LogP contribution in [-0.2, 0) is 6.42 Å². The molecule has 1 aliphatic rings. The standard InChI is InChI=1S/C12H19NOS/c1-9-12(10-5-3-2-4-6-10)15-11(13-9)7-8-14/h10,14H,2-8H2,1H3. The van der Waals surface area contributed by atoms with Gasteiger partial charge in [0.25, 0.3) is 0 Å². The van der Waals surface area contributed by atoms with Crippen molar-refractivity contribution in [2.45, 2.75) is 51.4 Å². The average Bonchev–Trinajstić information content (AvgIpc) is 2.61. The van der Waals surface area contributed by atoms with Crippen LogP contribution in [0.5, 0.6) is 0 Å². The van der Waals surface area contributed by atoms with Gasteiger partial charge in [-0.25, -0.2) is 4.98 Å². The second kappa shape index (κ2) is 5.08. The molecule has 0 atom stereocenters. The highest BCUT2D eigenvalue weighted by Gasteiger charge is 2.20. The van der Waals surface area contributed by atoms with Crippen LogP contribution in [0, 0.1) is 6.92 Å². The molecule has 0 spiro atoms. The Bertz CT molecular complexity index is 315. The molecule has 3 heteroatoms. The average molecular weight is 225 g/mol. The van der Waals surface area contributed by atoms with E-state index in [4.69, 9.17) is 5.11 Å². The van der Waals surface area contributed by atoms with Crippen molar-refractivity contribution < 1.29 is 5.11 Å². The van der Waals surface area contributed by atoms with Crippen molar-refractivity contribution >= 4 is 11.3 Å². The summed E-state index contributed by atoms with van der Waals surface area (Å²) in [5.41, 5.74) is 1.20. The van der Waals surface area contributed by atoms with Crippen molar-refractivity contribution in [3.63, 3.8) is 0 Å². The number of aromatic nitrogens is 1. The lowest BCUT2D eigenvalue weighted by molar-refractivity contribution is 0.299. The Labute approximate surface area is 95.4 Å². The normalized spacial score (nSPS) is 18.3. The van der Waals surface area contributed by atoms with Crippen LogP contribution < -0.4 is 0 Å². The summed E-state index contributed by atoms with van der Waals surface area (Å²) in [6.07, 6.45) is 7.54. The molecule has 1 N–H and O–H groups in total. The Morgan fingerprint density at radius 3 is 2.73 bits per heavy atom. The minimum absolute atomic E-state index is 0.219. The first-order valence-corrected chi connectivity index (χ1v) is 6.70. The summed E-state index contributed by atoms with van der Waals surface area (Å²) in [5, 5.41) is 10.0. The van der Waals surface area contributed by atoms with E-state index in [9.17, 15) is 0 Å². The second-order valence-corrected chi connectivity index (χ2v) is 5.48. The lowest BCUT2D eigenvalue weighted by atomic mass is 9.88. The van der Waals surface area contributed by atoms with E-state index in [1.807, 2.05) is 11.3 Å². The molecule has 1 saturated carbocycles. The van der Waals surface area contributed by atoms with Crippen molar-refractivity contribution in [1.82, 2.24) is 4.98 Å². The van der Waals surface area contributed by atoms with Gasteiger partial charge >= 0.3 is 0 Å². The lowest BCUT2D eigenvalue weighted by Gasteiger charge is -2.20. The highest BCUT2D eigenvalue weighted by atomic mass is 32.1.